The van der Waals surface area contributed by atoms with Crippen molar-refractivity contribution in [2.45, 2.75) is 38.6 Å². The van der Waals surface area contributed by atoms with Crippen LogP contribution < -0.4 is 11.0 Å². The molecule has 2 aromatic rings. The normalized spacial score (nSPS) is 16.8. The number of aromatic nitrogens is 4. The van der Waals surface area contributed by atoms with Crippen molar-refractivity contribution in [3.63, 3.8) is 0 Å². The molecule has 2 aromatic heterocycles. The van der Waals surface area contributed by atoms with Crippen LogP contribution in [0, 0.1) is 5.92 Å². The van der Waals surface area contributed by atoms with E-state index in [1.54, 1.807) is 18.6 Å². The van der Waals surface area contributed by atoms with Crippen LogP contribution in [-0.2, 0) is 6.54 Å². The zero-order chi connectivity index (χ0) is 13.8. The lowest BCUT2D eigenvalue weighted by atomic mass is 9.89. The van der Waals surface area contributed by atoms with Gasteiger partial charge in [0.25, 0.3) is 0 Å². The van der Waals surface area contributed by atoms with E-state index in [4.69, 9.17) is 0 Å². The quantitative estimate of drug-likeness (QED) is 0.829. The Kier molecular flexibility index (Phi) is 4.11. The maximum atomic E-state index is 12.0. The fraction of sp³-hybridized carbons (Fsp3) is 0.643. The molecular weight excluding hydrogens is 254 g/mol. The SMILES string of the molecule is O=c1n(CCNCC2CCCCC2)nc2cnccn12. The first-order chi connectivity index (χ1) is 9.84. The van der Waals surface area contributed by atoms with Crippen LogP contribution in [0.2, 0.25) is 0 Å². The molecule has 0 saturated heterocycles. The van der Waals surface area contributed by atoms with Crippen molar-refractivity contribution in [3.05, 3.63) is 29.1 Å². The molecule has 0 aromatic carbocycles. The van der Waals surface area contributed by atoms with Crippen molar-refractivity contribution in [2.75, 3.05) is 13.1 Å². The standard InChI is InChI=1S/C14H21N5O/c20-14-18-8-6-16-11-13(18)17-19(14)9-7-15-10-12-4-2-1-3-5-12/h6,8,11-12,15H,1-5,7,9-10H2. The third-order valence-electron chi connectivity index (χ3n) is 4.05. The molecule has 0 amide bonds. The smallest absolute Gasteiger partial charge is 0.315 e. The van der Waals surface area contributed by atoms with Gasteiger partial charge in [-0.3, -0.25) is 4.98 Å². The highest BCUT2D eigenvalue weighted by Gasteiger charge is 2.12. The fourth-order valence-corrected chi connectivity index (χ4v) is 2.91. The van der Waals surface area contributed by atoms with Crippen LogP contribution in [0.4, 0.5) is 0 Å². The lowest BCUT2D eigenvalue weighted by Gasteiger charge is -2.21. The van der Waals surface area contributed by atoms with Crippen LogP contribution in [0.1, 0.15) is 32.1 Å². The summed E-state index contributed by atoms with van der Waals surface area (Å²) in [6.07, 6.45) is 11.7. The molecule has 1 fully saturated rings. The van der Waals surface area contributed by atoms with Gasteiger partial charge in [0.05, 0.1) is 12.7 Å². The van der Waals surface area contributed by atoms with Crippen molar-refractivity contribution >= 4 is 5.65 Å². The second-order valence-electron chi connectivity index (χ2n) is 5.52. The summed E-state index contributed by atoms with van der Waals surface area (Å²) < 4.78 is 3.03. The first-order valence-corrected chi connectivity index (χ1v) is 7.44. The summed E-state index contributed by atoms with van der Waals surface area (Å²) in [5.74, 6) is 0.811. The maximum absolute atomic E-state index is 12.0. The molecule has 2 heterocycles. The zero-order valence-corrected chi connectivity index (χ0v) is 11.7. The van der Waals surface area contributed by atoms with E-state index in [1.807, 2.05) is 0 Å². The minimum atomic E-state index is -0.0955. The van der Waals surface area contributed by atoms with Crippen molar-refractivity contribution < 1.29 is 0 Å². The molecule has 6 heteroatoms. The van der Waals surface area contributed by atoms with E-state index in [-0.39, 0.29) is 5.69 Å². The number of rotatable bonds is 5. The van der Waals surface area contributed by atoms with Gasteiger partial charge in [0, 0.05) is 18.9 Å². The van der Waals surface area contributed by atoms with E-state index in [2.05, 4.69) is 15.4 Å². The van der Waals surface area contributed by atoms with E-state index in [1.165, 1.54) is 41.2 Å². The summed E-state index contributed by atoms with van der Waals surface area (Å²) in [6, 6.07) is 0. The molecule has 0 radical (unpaired) electrons. The Balaban J connectivity index is 1.52. The van der Waals surface area contributed by atoms with E-state index in [0.717, 1.165) is 19.0 Å². The lowest BCUT2D eigenvalue weighted by Crippen LogP contribution is -2.31. The molecule has 3 rings (SSSR count). The minimum absolute atomic E-state index is 0.0955. The highest BCUT2D eigenvalue weighted by molar-refractivity contribution is 5.31. The maximum Gasteiger partial charge on any atom is 0.350 e. The number of hydrogen-bond acceptors (Lipinski definition) is 4. The van der Waals surface area contributed by atoms with E-state index < -0.39 is 0 Å². The minimum Gasteiger partial charge on any atom is -0.315 e. The van der Waals surface area contributed by atoms with Crippen molar-refractivity contribution in [2.24, 2.45) is 5.92 Å². The molecule has 1 saturated carbocycles. The fourth-order valence-electron chi connectivity index (χ4n) is 2.91. The van der Waals surface area contributed by atoms with Crippen LogP contribution >= 0.6 is 0 Å². The van der Waals surface area contributed by atoms with Crippen LogP contribution in [0.15, 0.2) is 23.4 Å². The molecule has 0 aliphatic heterocycles. The molecule has 0 spiro atoms. The van der Waals surface area contributed by atoms with Gasteiger partial charge in [0.15, 0.2) is 5.65 Å². The van der Waals surface area contributed by atoms with Crippen molar-refractivity contribution in [1.82, 2.24) is 24.5 Å². The van der Waals surface area contributed by atoms with Crippen LogP contribution in [0.3, 0.4) is 0 Å². The third-order valence-corrected chi connectivity index (χ3v) is 4.05. The molecular formula is C14H21N5O. The Bertz CT molecular complexity index is 611. The highest BCUT2D eigenvalue weighted by atomic mass is 16.2. The summed E-state index contributed by atoms with van der Waals surface area (Å²) in [5, 5.41) is 7.71. The number of nitrogens with zero attached hydrogens (tertiary/aromatic N) is 4. The van der Waals surface area contributed by atoms with Gasteiger partial charge in [-0.1, -0.05) is 19.3 Å². The van der Waals surface area contributed by atoms with Gasteiger partial charge in [-0.15, -0.1) is 5.10 Å². The second-order valence-corrected chi connectivity index (χ2v) is 5.52. The molecule has 1 N–H and O–H groups in total. The van der Waals surface area contributed by atoms with Gasteiger partial charge in [0.1, 0.15) is 0 Å². The number of hydrogen-bond donors (Lipinski definition) is 1. The summed E-state index contributed by atoms with van der Waals surface area (Å²) in [5.41, 5.74) is 0.506. The molecule has 1 aliphatic carbocycles. The average Bonchev–Trinajstić information content (AvgIpc) is 2.82. The highest BCUT2D eigenvalue weighted by Crippen LogP contribution is 2.22. The van der Waals surface area contributed by atoms with Crippen LogP contribution in [0.25, 0.3) is 5.65 Å². The van der Waals surface area contributed by atoms with Gasteiger partial charge in [-0.25, -0.2) is 13.9 Å². The first kappa shape index (κ1) is 13.3. The van der Waals surface area contributed by atoms with Gasteiger partial charge in [0.2, 0.25) is 0 Å². The predicted octanol–water partition coefficient (Wildman–Crippen LogP) is 1.06. The average molecular weight is 275 g/mol. The Morgan fingerprint density at radius 1 is 1.30 bits per heavy atom. The molecule has 1 aliphatic rings. The Morgan fingerprint density at radius 3 is 2.95 bits per heavy atom. The Labute approximate surface area is 117 Å². The summed E-state index contributed by atoms with van der Waals surface area (Å²) in [6.45, 7) is 2.45. The van der Waals surface area contributed by atoms with E-state index in [9.17, 15) is 4.79 Å². The molecule has 0 atom stereocenters. The Hall–Kier alpha value is -1.69. The number of nitrogens with one attached hydrogen (secondary N) is 1. The van der Waals surface area contributed by atoms with Crippen LogP contribution in [-0.4, -0.2) is 32.3 Å². The van der Waals surface area contributed by atoms with Crippen molar-refractivity contribution in [1.29, 1.82) is 0 Å². The monoisotopic (exact) mass is 275 g/mol. The summed E-state index contributed by atoms with van der Waals surface area (Å²) in [7, 11) is 0. The molecule has 0 unspecified atom stereocenters. The molecule has 0 bridgehead atoms. The summed E-state index contributed by atoms with van der Waals surface area (Å²) in [4.78, 5) is 16.0. The molecule has 20 heavy (non-hydrogen) atoms. The lowest BCUT2D eigenvalue weighted by molar-refractivity contribution is 0.339. The van der Waals surface area contributed by atoms with Gasteiger partial charge in [-0.2, -0.15) is 0 Å². The number of fused-ring (bicyclic) bond motifs is 1. The topological polar surface area (TPSA) is 64.2 Å². The Morgan fingerprint density at radius 2 is 2.15 bits per heavy atom. The van der Waals surface area contributed by atoms with E-state index in [0.29, 0.717) is 12.2 Å². The van der Waals surface area contributed by atoms with Gasteiger partial charge >= 0.3 is 5.69 Å². The summed E-state index contributed by atoms with van der Waals surface area (Å²) >= 11 is 0. The van der Waals surface area contributed by atoms with Gasteiger partial charge < -0.3 is 5.32 Å². The zero-order valence-electron chi connectivity index (χ0n) is 11.7. The predicted molar refractivity (Wildman–Crippen MR) is 76.7 cm³/mol. The largest absolute Gasteiger partial charge is 0.350 e. The van der Waals surface area contributed by atoms with Crippen LogP contribution in [0.5, 0.6) is 0 Å². The van der Waals surface area contributed by atoms with Crippen molar-refractivity contribution in [3.8, 4) is 0 Å². The second kappa shape index (κ2) is 6.17. The molecule has 108 valence electrons. The first-order valence-electron chi connectivity index (χ1n) is 7.44. The third kappa shape index (κ3) is 2.90. The molecule has 6 nitrogen and oxygen atoms in total. The van der Waals surface area contributed by atoms with Gasteiger partial charge in [-0.05, 0) is 25.3 Å². The van der Waals surface area contributed by atoms with E-state index >= 15 is 0 Å².